The van der Waals surface area contributed by atoms with Crippen molar-refractivity contribution in [3.63, 3.8) is 0 Å². The summed E-state index contributed by atoms with van der Waals surface area (Å²) in [5, 5.41) is 10.7. The predicted octanol–water partition coefficient (Wildman–Crippen LogP) is 2.21. The van der Waals surface area contributed by atoms with Crippen LogP contribution < -0.4 is 4.72 Å². The first-order valence-electron chi connectivity index (χ1n) is 5.67. The SMILES string of the molecule is COC(=O)c1ccccc1S(=O)(=O)Nc1sccc1C#N. The Hall–Kier alpha value is -2.37. The molecule has 21 heavy (non-hydrogen) atoms. The first-order valence-corrected chi connectivity index (χ1v) is 8.03. The average molecular weight is 322 g/mol. The van der Waals surface area contributed by atoms with Crippen molar-refractivity contribution in [3.8, 4) is 6.07 Å². The van der Waals surface area contributed by atoms with E-state index in [9.17, 15) is 13.2 Å². The van der Waals surface area contributed by atoms with Gasteiger partial charge in [0, 0.05) is 0 Å². The lowest BCUT2D eigenvalue weighted by Crippen LogP contribution is -2.17. The lowest BCUT2D eigenvalue weighted by Gasteiger charge is -2.10. The van der Waals surface area contributed by atoms with Gasteiger partial charge in [-0.15, -0.1) is 11.3 Å². The van der Waals surface area contributed by atoms with Gasteiger partial charge in [0.05, 0.1) is 18.2 Å². The Morgan fingerprint density at radius 3 is 2.71 bits per heavy atom. The van der Waals surface area contributed by atoms with Crippen LogP contribution in [0.3, 0.4) is 0 Å². The van der Waals surface area contributed by atoms with Crippen LogP contribution in [0.1, 0.15) is 15.9 Å². The minimum Gasteiger partial charge on any atom is -0.465 e. The molecule has 2 aromatic rings. The third-order valence-corrected chi connectivity index (χ3v) is 4.96. The van der Waals surface area contributed by atoms with Gasteiger partial charge in [-0.1, -0.05) is 12.1 Å². The number of rotatable bonds is 4. The molecule has 0 amide bonds. The molecule has 0 saturated heterocycles. The molecule has 0 radical (unpaired) electrons. The number of benzene rings is 1. The van der Waals surface area contributed by atoms with Gasteiger partial charge in [-0.3, -0.25) is 4.72 Å². The molecule has 0 atom stereocenters. The molecule has 0 saturated carbocycles. The zero-order chi connectivity index (χ0) is 15.5. The van der Waals surface area contributed by atoms with Crippen molar-refractivity contribution in [2.45, 2.75) is 4.90 Å². The molecule has 1 N–H and O–H groups in total. The number of anilines is 1. The number of nitrogens with one attached hydrogen (secondary N) is 1. The second-order valence-corrected chi connectivity index (χ2v) is 6.44. The Morgan fingerprint density at radius 1 is 1.33 bits per heavy atom. The summed E-state index contributed by atoms with van der Waals surface area (Å²) in [5.41, 5.74) is 0.154. The summed E-state index contributed by atoms with van der Waals surface area (Å²) in [5.74, 6) is -0.748. The minimum absolute atomic E-state index is 0.0671. The van der Waals surface area contributed by atoms with Gasteiger partial charge in [0.25, 0.3) is 10.0 Å². The van der Waals surface area contributed by atoms with E-state index in [0.29, 0.717) is 0 Å². The van der Waals surface area contributed by atoms with Gasteiger partial charge in [0.2, 0.25) is 0 Å². The monoisotopic (exact) mass is 322 g/mol. The molecule has 0 spiro atoms. The van der Waals surface area contributed by atoms with Crippen LogP contribution in [-0.4, -0.2) is 21.5 Å². The van der Waals surface area contributed by atoms with Gasteiger partial charge in [0.15, 0.2) is 0 Å². The zero-order valence-corrected chi connectivity index (χ0v) is 12.5. The summed E-state index contributed by atoms with van der Waals surface area (Å²) in [6.07, 6.45) is 0. The summed E-state index contributed by atoms with van der Waals surface area (Å²) in [6.45, 7) is 0. The lowest BCUT2D eigenvalue weighted by molar-refractivity contribution is 0.0596. The third kappa shape index (κ3) is 3.04. The fourth-order valence-electron chi connectivity index (χ4n) is 1.63. The zero-order valence-electron chi connectivity index (χ0n) is 10.9. The van der Waals surface area contributed by atoms with E-state index in [2.05, 4.69) is 9.46 Å². The van der Waals surface area contributed by atoms with Gasteiger partial charge in [0.1, 0.15) is 16.0 Å². The van der Waals surface area contributed by atoms with Crippen molar-refractivity contribution < 1.29 is 17.9 Å². The molecule has 0 unspecified atom stereocenters. The molecule has 0 aliphatic carbocycles. The largest absolute Gasteiger partial charge is 0.465 e. The van der Waals surface area contributed by atoms with Crippen LogP contribution in [0, 0.1) is 11.3 Å². The van der Waals surface area contributed by atoms with Crippen molar-refractivity contribution in [3.05, 3.63) is 46.8 Å². The molecular weight excluding hydrogens is 312 g/mol. The topological polar surface area (TPSA) is 96.3 Å². The van der Waals surface area contributed by atoms with Gasteiger partial charge < -0.3 is 4.74 Å². The Kier molecular flexibility index (Phi) is 4.26. The van der Waals surface area contributed by atoms with E-state index < -0.39 is 16.0 Å². The standard InChI is InChI=1S/C13H10N2O4S2/c1-19-13(16)10-4-2-3-5-11(10)21(17,18)15-12-9(8-14)6-7-20-12/h2-7,15H,1H3. The smallest absolute Gasteiger partial charge is 0.339 e. The van der Waals surface area contributed by atoms with Gasteiger partial charge in [-0.25, -0.2) is 13.2 Å². The predicted molar refractivity (Wildman–Crippen MR) is 77.6 cm³/mol. The highest BCUT2D eigenvalue weighted by Crippen LogP contribution is 2.26. The van der Waals surface area contributed by atoms with E-state index in [1.54, 1.807) is 5.38 Å². The summed E-state index contributed by atoms with van der Waals surface area (Å²) in [6, 6.07) is 9.10. The van der Waals surface area contributed by atoms with Gasteiger partial charge >= 0.3 is 5.97 Å². The van der Waals surface area contributed by atoms with E-state index in [1.807, 2.05) is 6.07 Å². The van der Waals surface area contributed by atoms with Crippen LogP contribution >= 0.6 is 11.3 Å². The van der Waals surface area contributed by atoms with E-state index in [1.165, 1.54) is 37.4 Å². The first-order chi connectivity index (χ1) is 9.99. The van der Waals surface area contributed by atoms with E-state index in [0.717, 1.165) is 11.3 Å². The number of nitriles is 1. The van der Waals surface area contributed by atoms with Crippen LogP contribution in [0.5, 0.6) is 0 Å². The van der Waals surface area contributed by atoms with Crippen LogP contribution in [0.2, 0.25) is 0 Å². The molecule has 0 bridgehead atoms. The van der Waals surface area contributed by atoms with Gasteiger partial charge in [-0.05, 0) is 23.6 Å². The van der Waals surface area contributed by atoms with E-state index in [-0.39, 0.29) is 21.0 Å². The average Bonchev–Trinajstić information content (AvgIpc) is 2.92. The molecular formula is C13H10N2O4S2. The number of methoxy groups -OCH3 is 1. The van der Waals surface area contributed by atoms with Crippen molar-refractivity contribution in [2.75, 3.05) is 11.8 Å². The Bertz CT molecular complexity index is 819. The number of sulfonamides is 1. The van der Waals surface area contributed by atoms with E-state index in [4.69, 9.17) is 5.26 Å². The van der Waals surface area contributed by atoms with Crippen LogP contribution in [0.25, 0.3) is 0 Å². The summed E-state index contributed by atoms with van der Waals surface area (Å²) < 4.78 is 31.7. The Labute approximate surface area is 125 Å². The molecule has 8 heteroatoms. The number of carbonyl (C=O) groups is 1. The number of hydrogen-bond donors (Lipinski definition) is 1. The molecule has 1 aromatic carbocycles. The third-order valence-electron chi connectivity index (χ3n) is 2.59. The van der Waals surface area contributed by atoms with Crippen molar-refractivity contribution in [2.24, 2.45) is 0 Å². The molecule has 1 aromatic heterocycles. The lowest BCUT2D eigenvalue weighted by atomic mass is 10.2. The number of ether oxygens (including phenoxy) is 1. The highest BCUT2D eigenvalue weighted by molar-refractivity contribution is 7.93. The van der Waals surface area contributed by atoms with Crippen LogP contribution in [0.4, 0.5) is 5.00 Å². The van der Waals surface area contributed by atoms with Crippen molar-refractivity contribution in [1.29, 1.82) is 5.26 Å². The number of thiophene rings is 1. The summed E-state index contributed by atoms with van der Waals surface area (Å²) in [4.78, 5) is 11.4. The van der Waals surface area contributed by atoms with Gasteiger partial charge in [-0.2, -0.15) is 5.26 Å². The maximum Gasteiger partial charge on any atom is 0.339 e. The van der Waals surface area contributed by atoms with Crippen molar-refractivity contribution in [1.82, 2.24) is 0 Å². The molecule has 1 heterocycles. The van der Waals surface area contributed by atoms with E-state index >= 15 is 0 Å². The molecule has 6 nitrogen and oxygen atoms in total. The van der Waals surface area contributed by atoms with Crippen molar-refractivity contribution >= 4 is 32.3 Å². The summed E-state index contributed by atoms with van der Waals surface area (Å²) in [7, 11) is -2.82. The number of carbonyl (C=O) groups excluding carboxylic acids is 1. The molecule has 0 fully saturated rings. The highest BCUT2D eigenvalue weighted by Gasteiger charge is 2.23. The fourth-order valence-corrected chi connectivity index (χ4v) is 3.90. The van der Waals surface area contributed by atoms with Crippen LogP contribution in [0.15, 0.2) is 40.6 Å². The maximum atomic E-state index is 12.4. The second-order valence-electron chi connectivity index (χ2n) is 3.87. The first kappa shape index (κ1) is 15.0. The second kappa shape index (κ2) is 5.95. The summed E-state index contributed by atoms with van der Waals surface area (Å²) >= 11 is 1.09. The number of hydrogen-bond acceptors (Lipinski definition) is 6. The molecule has 0 aliphatic rings. The quantitative estimate of drug-likeness (QED) is 0.871. The minimum atomic E-state index is -3.99. The number of nitrogens with zero attached hydrogens (tertiary/aromatic N) is 1. The molecule has 2 rings (SSSR count). The fraction of sp³-hybridized carbons (Fsp3) is 0.0769. The Balaban J connectivity index is 2.46. The maximum absolute atomic E-state index is 12.4. The Morgan fingerprint density at radius 2 is 2.05 bits per heavy atom. The van der Waals surface area contributed by atoms with Crippen LogP contribution in [-0.2, 0) is 14.8 Å². The number of esters is 1. The normalized spacial score (nSPS) is 10.7. The molecule has 108 valence electrons. The molecule has 0 aliphatic heterocycles. The highest BCUT2D eigenvalue weighted by atomic mass is 32.2.